The third kappa shape index (κ3) is 1.95. The SMILES string of the molecule is CCC(N)Cn1c(C2CC2)nc2ccccc21. The van der Waals surface area contributed by atoms with Gasteiger partial charge in [0, 0.05) is 18.5 Å². The molecule has 1 unspecified atom stereocenters. The molecule has 1 saturated carbocycles. The van der Waals surface area contributed by atoms with Gasteiger partial charge in [0.1, 0.15) is 5.82 Å². The van der Waals surface area contributed by atoms with E-state index in [4.69, 9.17) is 10.7 Å². The molecule has 0 radical (unpaired) electrons. The molecule has 17 heavy (non-hydrogen) atoms. The maximum absolute atomic E-state index is 6.10. The molecule has 1 heterocycles. The van der Waals surface area contributed by atoms with Crippen molar-refractivity contribution in [2.24, 2.45) is 5.73 Å². The number of rotatable bonds is 4. The van der Waals surface area contributed by atoms with Crippen molar-refractivity contribution in [3.05, 3.63) is 30.1 Å². The van der Waals surface area contributed by atoms with Gasteiger partial charge in [-0.1, -0.05) is 19.1 Å². The van der Waals surface area contributed by atoms with E-state index in [1.165, 1.54) is 24.2 Å². The van der Waals surface area contributed by atoms with E-state index in [1.54, 1.807) is 0 Å². The Morgan fingerprint density at radius 2 is 2.18 bits per heavy atom. The molecule has 90 valence electrons. The van der Waals surface area contributed by atoms with Gasteiger partial charge in [0.15, 0.2) is 0 Å². The van der Waals surface area contributed by atoms with E-state index >= 15 is 0 Å². The second kappa shape index (κ2) is 4.15. The lowest BCUT2D eigenvalue weighted by atomic mass is 10.2. The molecule has 0 bridgehead atoms. The maximum atomic E-state index is 6.10. The van der Waals surface area contributed by atoms with Crippen LogP contribution in [0.3, 0.4) is 0 Å². The molecule has 3 rings (SSSR count). The zero-order valence-electron chi connectivity index (χ0n) is 10.3. The lowest BCUT2D eigenvalue weighted by Crippen LogP contribution is -2.25. The van der Waals surface area contributed by atoms with Crippen LogP contribution in [0.15, 0.2) is 24.3 Å². The molecule has 0 spiro atoms. The van der Waals surface area contributed by atoms with Gasteiger partial charge in [-0.15, -0.1) is 0 Å². The highest BCUT2D eigenvalue weighted by molar-refractivity contribution is 5.76. The summed E-state index contributed by atoms with van der Waals surface area (Å²) in [6, 6.07) is 8.60. The first kappa shape index (κ1) is 10.8. The molecule has 1 atom stereocenters. The third-order valence-corrected chi connectivity index (χ3v) is 3.57. The van der Waals surface area contributed by atoms with Crippen LogP contribution in [-0.2, 0) is 6.54 Å². The summed E-state index contributed by atoms with van der Waals surface area (Å²) in [5.74, 6) is 1.92. The summed E-state index contributed by atoms with van der Waals surface area (Å²) in [4.78, 5) is 4.77. The Bertz CT molecular complexity index is 525. The Balaban J connectivity index is 2.07. The van der Waals surface area contributed by atoms with Crippen LogP contribution in [0.1, 0.15) is 37.9 Å². The number of aromatic nitrogens is 2. The monoisotopic (exact) mass is 229 g/mol. The molecular formula is C14H19N3. The van der Waals surface area contributed by atoms with E-state index in [0.717, 1.165) is 18.5 Å². The van der Waals surface area contributed by atoms with E-state index in [0.29, 0.717) is 5.92 Å². The Morgan fingerprint density at radius 3 is 2.88 bits per heavy atom. The zero-order chi connectivity index (χ0) is 11.8. The Labute approximate surface area is 102 Å². The second-order valence-corrected chi connectivity index (χ2v) is 5.01. The largest absolute Gasteiger partial charge is 0.326 e. The fourth-order valence-electron chi connectivity index (χ4n) is 2.30. The van der Waals surface area contributed by atoms with Gasteiger partial charge in [0.2, 0.25) is 0 Å². The first-order valence-electron chi connectivity index (χ1n) is 6.50. The number of nitrogens with zero attached hydrogens (tertiary/aromatic N) is 2. The first-order chi connectivity index (χ1) is 8.29. The van der Waals surface area contributed by atoms with Crippen LogP contribution in [0.2, 0.25) is 0 Å². The van der Waals surface area contributed by atoms with Crippen LogP contribution in [0.4, 0.5) is 0 Å². The van der Waals surface area contributed by atoms with Crippen LogP contribution in [0.25, 0.3) is 11.0 Å². The minimum absolute atomic E-state index is 0.227. The number of hydrogen-bond acceptors (Lipinski definition) is 2. The van der Waals surface area contributed by atoms with Crippen LogP contribution < -0.4 is 5.73 Å². The number of hydrogen-bond donors (Lipinski definition) is 1. The van der Waals surface area contributed by atoms with Crippen LogP contribution in [0.5, 0.6) is 0 Å². The quantitative estimate of drug-likeness (QED) is 0.876. The molecule has 2 N–H and O–H groups in total. The fourth-order valence-corrected chi connectivity index (χ4v) is 2.30. The van der Waals surface area contributed by atoms with Crippen molar-refractivity contribution >= 4 is 11.0 Å². The predicted molar refractivity (Wildman–Crippen MR) is 70.0 cm³/mol. The highest BCUT2D eigenvalue weighted by Crippen LogP contribution is 2.40. The molecule has 3 nitrogen and oxygen atoms in total. The average molecular weight is 229 g/mol. The van der Waals surface area contributed by atoms with Crippen molar-refractivity contribution in [3.63, 3.8) is 0 Å². The van der Waals surface area contributed by atoms with E-state index < -0.39 is 0 Å². The molecule has 1 aliphatic carbocycles. The molecule has 0 saturated heterocycles. The minimum atomic E-state index is 0.227. The third-order valence-electron chi connectivity index (χ3n) is 3.57. The lowest BCUT2D eigenvalue weighted by molar-refractivity contribution is 0.533. The van der Waals surface area contributed by atoms with Gasteiger partial charge in [-0.25, -0.2) is 4.98 Å². The highest BCUT2D eigenvalue weighted by Gasteiger charge is 2.29. The second-order valence-electron chi connectivity index (χ2n) is 5.01. The number of fused-ring (bicyclic) bond motifs is 1. The molecule has 1 aromatic carbocycles. The van der Waals surface area contributed by atoms with Crippen molar-refractivity contribution in [2.75, 3.05) is 0 Å². The molecule has 1 aromatic heterocycles. The number of nitrogens with two attached hydrogens (primary N) is 1. The maximum Gasteiger partial charge on any atom is 0.113 e. The van der Waals surface area contributed by atoms with Crippen molar-refractivity contribution in [3.8, 4) is 0 Å². The summed E-state index contributed by atoms with van der Waals surface area (Å²) in [5.41, 5.74) is 8.44. The zero-order valence-corrected chi connectivity index (χ0v) is 10.3. The number of imidazole rings is 1. The molecule has 0 amide bonds. The minimum Gasteiger partial charge on any atom is -0.326 e. The summed E-state index contributed by atoms with van der Waals surface area (Å²) < 4.78 is 2.33. The van der Waals surface area contributed by atoms with Gasteiger partial charge in [0.25, 0.3) is 0 Å². The van der Waals surface area contributed by atoms with Gasteiger partial charge < -0.3 is 10.3 Å². The Kier molecular flexibility index (Phi) is 2.63. The summed E-state index contributed by atoms with van der Waals surface area (Å²) in [6.45, 7) is 3.03. The van der Waals surface area contributed by atoms with Gasteiger partial charge in [-0.05, 0) is 31.4 Å². The van der Waals surface area contributed by atoms with E-state index in [2.05, 4.69) is 35.8 Å². The van der Waals surface area contributed by atoms with Crippen molar-refractivity contribution in [1.29, 1.82) is 0 Å². The smallest absolute Gasteiger partial charge is 0.113 e. The summed E-state index contributed by atoms with van der Waals surface area (Å²) in [7, 11) is 0. The molecule has 0 aliphatic heterocycles. The number of para-hydroxylation sites is 2. The van der Waals surface area contributed by atoms with Gasteiger partial charge in [-0.2, -0.15) is 0 Å². The summed E-state index contributed by atoms with van der Waals surface area (Å²) >= 11 is 0. The van der Waals surface area contributed by atoms with Gasteiger partial charge in [-0.3, -0.25) is 0 Å². The van der Waals surface area contributed by atoms with Crippen molar-refractivity contribution in [2.45, 2.75) is 44.7 Å². The van der Waals surface area contributed by atoms with Gasteiger partial charge in [0.05, 0.1) is 11.0 Å². The topological polar surface area (TPSA) is 43.8 Å². The molecule has 2 aromatic rings. The predicted octanol–water partition coefficient (Wildman–Crippen LogP) is 2.65. The highest BCUT2D eigenvalue weighted by atomic mass is 15.1. The average Bonchev–Trinajstić information content (AvgIpc) is 3.13. The molecule has 1 fully saturated rings. The lowest BCUT2D eigenvalue weighted by Gasteiger charge is -2.13. The standard InChI is InChI=1S/C14H19N3/c1-2-11(15)9-17-13-6-4-3-5-12(13)16-14(17)10-7-8-10/h3-6,10-11H,2,7-9,15H2,1H3. The fraction of sp³-hybridized carbons (Fsp3) is 0.500. The summed E-state index contributed by atoms with van der Waals surface area (Å²) in [6.07, 6.45) is 3.58. The van der Waals surface area contributed by atoms with E-state index in [9.17, 15) is 0 Å². The normalized spacial score (nSPS) is 17.5. The van der Waals surface area contributed by atoms with E-state index in [1.807, 2.05) is 0 Å². The molecule has 1 aliphatic rings. The summed E-state index contributed by atoms with van der Waals surface area (Å²) in [5, 5.41) is 0. The van der Waals surface area contributed by atoms with Crippen molar-refractivity contribution < 1.29 is 0 Å². The van der Waals surface area contributed by atoms with Crippen LogP contribution in [0, 0.1) is 0 Å². The van der Waals surface area contributed by atoms with Crippen LogP contribution in [-0.4, -0.2) is 15.6 Å². The van der Waals surface area contributed by atoms with E-state index in [-0.39, 0.29) is 6.04 Å². The van der Waals surface area contributed by atoms with Gasteiger partial charge >= 0.3 is 0 Å². The molecule has 3 heteroatoms. The van der Waals surface area contributed by atoms with Crippen LogP contribution >= 0.6 is 0 Å². The first-order valence-corrected chi connectivity index (χ1v) is 6.50. The number of benzene rings is 1. The Hall–Kier alpha value is -1.35. The van der Waals surface area contributed by atoms with Crippen molar-refractivity contribution in [1.82, 2.24) is 9.55 Å². The molecular weight excluding hydrogens is 210 g/mol. The Morgan fingerprint density at radius 1 is 1.41 bits per heavy atom.